The summed E-state index contributed by atoms with van der Waals surface area (Å²) in [5, 5.41) is 14.0. The fourth-order valence-corrected chi connectivity index (χ4v) is 4.12. The van der Waals surface area contributed by atoms with Gasteiger partial charge in [-0.1, -0.05) is 11.2 Å². The number of phenolic OH excluding ortho intramolecular Hbond substituents is 1. The van der Waals surface area contributed by atoms with Gasteiger partial charge < -0.3 is 19.1 Å². The van der Waals surface area contributed by atoms with Gasteiger partial charge in [-0.3, -0.25) is 4.79 Å². The molecule has 0 spiro atoms. The first kappa shape index (κ1) is 22.3. The van der Waals surface area contributed by atoms with Crippen LogP contribution in [0.2, 0.25) is 0 Å². The molecule has 1 aliphatic carbocycles. The molecule has 3 aromatic rings. The second kappa shape index (κ2) is 9.32. The predicted molar refractivity (Wildman–Crippen MR) is 123 cm³/mol. The van der Waals surface area contributed by atoms with Crippen molar-refractivity contribution in [2.45, 2.75) is 26.2 Å². The lowest BCUT2D eigenvalue weighted by atomic mass is 9.98. The SMILES string of the molecule is COc1cc(/C=C2/C(C)=C(CCC(=O)Cc3ccon3)c3cc(F)ccc32)cc(OC)c1O. The van der Waals surface area contributed by atoms with Crippen LogP contribution in [0, 0.1) is 5.82 Å². The summed E-state index contributed by atoms with van der Waals surface area (Å²) in [7, 11) is 2.94. The van der Waals surface area contributed by atoms with Crippen molar-refractivity contribution in [3.05, 3.63) is 76.4 Å². The minimum absolute atomic E-state index is 0.0348. The third kappa shape index (κ3) is 4.53. The average Bonchev–Trinajstić information content (AvgIpc) is 3.39. The van der Waals surface area contributed by atoms with Crippen molar-refractivity contribution in [2.24, 2.45) is 0 Å². The second-order valence-electron chi connectivity index (χ2n) is 7.83. The maximum Gasteiger partial charge on any atom is 0.200 e. The molecule has 0 saturated heterocycles. The van der Waals surface area contributed by atoms with E-state index in [-0.39, 0.29) is 23.8 Å². The van der Waals surface area contributed by atoms with Crippen LogP contribution in [0.4, 0.5) is 4.39 Å². The number of phenols is 1. The van der Waals surface area contributed by atoms with Gasteiger partial charge in [0.25, 0.3) is 0 Å². The molecule has 0 bridgehead atoms. The molecule has 1 heterocycles. The molecular formula is C26H24FNO5. The number of allylic oxidation sites excluding steroid dienone is 3. The van der Waals surface area contributed by atoms with Gasteiger partial charge in [-0.05, 0) is 77.1 Å². The van der Waals surface area contributed by atoms with E-state index in [9.17, 15) is 14.3 Å². The van der Waals surface area contributed by atoms with E-state index >= 15 is 0 Å². The van der Waals surface area contributed by atoms with E-state index in [1.807, 2.05) is 13.0 Å². The Hall–Kier alpha value is -3.87. The van der Waals surface area contributed by atoms with Crippen LogP contribution >= 0.6 is 0 Å². The maximum atomic E-state index is 14.1. The number of rotatable bonds is 8. The molecule has 33 heavy (non-hydrogen) atoms. The summed E-state index contributed by atoms with van der Waals surface area (Å²) < 4.78 is 29.4. The molecule has 2 aromatic carbocycles. The highest BCUT2D eigenvalue weighted by atomic mass is 19.1. The molecule has 0 radical (unpaired) electrons. The zero-order valence-corrected chi connectivity index (χ0v) is 18.6. The van der Waals surface area contributed by atoms with Gasteiger partial charge in [0.05, 0.1) is 26.3 Å². The van der Waals surface area contributed by atoms with Crippen LogP contribution in [-0.4, -0.2) is 30.3 Å². The van der Waals surface area contributed by atoms with Gasteiger partial charge >= 0.3 is 0 Å². The lowest BCUT2D eigenvalue weighted by Crippen LogP contribution is -2.03. The highest BCUT2D eigenvalue weighted by Gasteiger charge is 2.25. The summed E-state index contributed by atoms with van der Waals surface area (Å²) in [6, 6.07) is 9.77. The van der Waals surface area contributed by atoms with Crippen LogP contribution in [-0.2, 0) is 11.2 Å². The number of benzene rings is 2. The molecule has 1 aromatic heterocycles. The molecule has 0 fully saturated rings. The number of hydrogen-bond acceptors (Lipinski definition) is 6. The number of fused-ring (bicyclic) bond motifs is 1. The minimum atomic E-state index is -0.331. The Morgan fingerprint density at radius 1 is 1.12 bits per heavy atom. The second-order valence-corrected chi connectivity index (χ2v) is 7.83. The summed E-state index contributed by atoms with van der Waals surface area (Å²) in [6.07, 6.45) is 4.38. The number of carbonyl (C=O) groups is 1. The maximum absolute atomic E-state index is 14.1. The molecule has 0 saturated carbocycles. The van der Waals surface area contributed by atoms with Crippen molar-refractivity contribution in [3.63, 3.8) is 0 Å². The number of nitrogens with zero attached hydrogens (tertiary/aromatic N) is 1. The van der Waals surface area contributed by atoms with Crippen molar-refractivity contribution in [3.8, 4) is 17.2 Å². The molecular weight excluding hydrogens is 425 g/mol. The third-order valence-electron chi connectivity index (χ3n) is 5.79. The molecule has 1 aliphatic rings. The van der Waals surface area contributed by atoms with Crippen molar-refractivity contribution < 1.29 is 28.3 Å². The van der Waals surface area contributed by atoms with Gasteiger partial charge in [-0.25, -0.2) is 4.39 Å². The molecule has 170 valence electrons. The van der Waals surface area contributed by atoms with Crippen LogP contribution in [0.1, 0.15) is 42.1 Å². The quantitative estimate of drug-likeness (QED) is 0.492. The Morgan fingerprint density at radius 2 is 1.85 bits per heavy atom. The summed E-state index contributed by atoms with van der Waals surface area (Å²) in [4.78, 5) is 12.5. The Bertz CT molecular complexity index is 1230. The predicted octanol–water partition coefficient (Wildman–Crippen LogP) is 5.46. The first-order valence-corrected chi connectivity index (χ1v) is 10.5. The Morgan fingerprint density at radius 3 is 2.48 bits per heavy atom. The van der Waals surface area contributed by atoms with E-state index in [1.165, 1.54) is 32.6 Å². The Labute approximate surface area is 190 Å². The van der Waals surface area contributed by atoms with Gasteiger partial charge in [-0.2, -0.15) is 0 Å². The number of ketones is 1. The number of carbonyl (C=O) groups excluding carboxylic acids is 1. The number of Topliss-reactive ketones (excluding diaryl/α,β-unsaturated/α-hetero) is 1. The fraction of sp³-hybridized carbons (Fsp3) is 0.231. The van der Waals surface area contributed by atoms with Crippen LogP contribution in [0.25, 0.3) is 17.2 Å². The van der Waals surface area contributed by atoms with Crippen molar-refractivity contribution in [1.82, 2.24) is 5.16 Å². The molecule has 0 atom stereocenters. The molecule has 7 heteroatoms. The molecule has 0 aliphatic heterocycles. The average molecular weight is 449 g/mol. The number of halogens is 1. The first-order valence-electron chi connectivity index (χ1n) is 10.5. The number of ether oxygens (including phenoxy) is 2. The number of methoxy groups -OCH3 is 2. The highest BCUT2D eigenvalue weighted by Crippen LogP contribution is 2.45. The van der Waals surface area contributed by atoms with Gasteiger partial charge in [0, 0.05) is 12.5 Å². The van der Waals surface area contributed by atoms with Crippen LogP contribution in [0.15, 0.2) is 52.8 Å². The standard InChI is InChI=1S/C26H24FNO5/c1-15-20(7-5-19(29)14-18-8-9-33-28-18)23-13-17(27)4-6-21(23)22(15)10-16-11-24(31-2)26(30)25(12-16)32-3/h4,6,8-13,30H,5,7,14H2,1-3H3/b22-10-. The van der Waals surface area contributed by atoms with Gasteiger partial charge in [0.1, 0.15) is 17.9 Å². The van der Waals surface area contributed by atoms with Crippen molar-refractivity contribution in [1.29, 1.82) is 0 Å². The van der Waals surface area contributed by atoms with E-state index in [0.29, 0.717) is 30.0 Å². The van der Waals surface area contributed by atoms with Gasteiger partial charge in [0.15, 0.2) is 11.5 Å². The molecule has 4 rings (SSSR count). The Kier molecular flexibility index (Phi) is 6.31. The number of aromatic nitrogens is 1. The minimum Gasteiger partial charge on any atom is -0.502 e. The van der Waals surface area contributed by atoms with Crippen LogP contribution < -0.4 is 9.47 Å². The molecule has 0 amide bonds. The summed E-state index contributed by atoms with van der Waals surface area (Å²) in [6.45, 7) is 1.97. The summed E-state index contributed by atoms with van der Waals surface area (Å²) >= 11 is 0. The van der Waals surface area contributed by atoms with E-state index in [2.05, 4.69) is 5.16 Å². The molecule has 6 nitrogen and oxygen atoms in total. The zero-order valence-electron chi connectivity index (χ0n) is 18.6. The highest BCUT2D eigenvalue weighted by molar-refractivity contribution is 6.05. The molecule has 1 N–H and O–H groups in total. The fourth-order valence-electron chi connectivity index (χ4n) is 4.12. The monoisotopic (exact) mass is 449 g/mol. The van der Waals surface area contributed by atoms with E-state index in [0.717, 1.165) is 33.4 Å². The number of hydrogen-bond donors (Lipinski definition) is 1. The summed E-state index contributed by atoms with van der Waals surface area (Å²) in [5.74, 6) is 0.210. The third-order valence-corrected chi connectivity index (χ3v) is 5.79. The van der Waals surface area contributed by atoms with Gasteiger partial charge in [0.2, 0.25) is 5.75 Å². The van der Waals surface area contributed by atoms with Crippen LogP contribution in [0.3, 0.4) is 0 Å². The van der Waals surface area contributed by atoms with Gasteiger partial charge in [-0.15, -0.1) is 0 Å². The van der Waals surface area contributed by atoms with E-state index in [4.69, 9.17) is 14.0 Å². The lowest BCUT2D eigenvalue weighted by molar-refractivity contribution is -0.118. The van der Waals surface area contributed by atoms with Crippen molar-refractivity contribution in [2.75, 3.05) is 14.2 Å². The van der Waals surface area contributed by atoms with Crippen molar-refractivity contribution >= 4 is 23.0 Å². The number of aromatic hydroxyl groups is 1. The summed E-state index contributed by atoms with van der Waals surface area (Å²) in [5.41, 5.74) is 5.84. The normalized spacial score (nSPS) is 14.0. The smallest absolute Gasteiger partial charge is 0.200 e. The zero-order chi connectivity index (χ0) is 23.5. The Balaban J connectivity index is 1.69. The lowest BCUT2D eigenvalue weighted by Gasteiger charge is -2.11. The van der Waals surface area contributed by atoms with E-state index in [1.54, 1.807) is 24.3 Å². The first-order chi connectivity index (χ1) is 15.9. The van der Waals surface area contributed by atoms with Crippen LogP contribution in [0.5, 0.6) is 17.2 Å². The largest absolute Gasteiger partial charge is 0.502 e. The topological polar surface area (TPSA) is 81.8 Å². The van der Waals surface area contributed by atoms with E-state index < -0.39 is 0 Å². The molecule has 0 unspecified atom stereocenters.